The van der Waals surface area contributed by atoms with Gasteiger partial charge in [-0.05, 0) is 6.07 Å². The Morgan fingerprint density at radius 2 is 1.88 bits per heavy atom. The van der Waals surface area contributed by atoms with Gasteiger partial charge in [0, 0.05) is 0 Å². The summed E-state index contributed by atoms with van der Waals surface area (Å²) in [6.45, 7) is -5.41. The molecular formula is C9H7BF3N2O2-. The van der Waals surface area contributed by atoms with Crippen molar-refractivity contribution in [2.75, 3.05) is 11.9 Å². The molecule has 2 amide bonds. The van der Waals surface area contributed by atoms with Crippen LogP contribution in [0.1, 0.15) is 10.4 Å². The Morgan fingerprint density at radius 3 is 2.53 bits per heavy atom. The predicted molar refractivity (Wildman–Crippen MR) is 56.1 cm³/mol. The number of hydrogen-bond acceptors (Lipinski definition) is 2. The molecule has 0 radical (unpaired) electrons. The molecule has 90 valence electrons. The molecule has 0 saturated heterocycles. The van der Waals surface area contributed by atoms with Gasteiger partial charge in [-0.15, -0.1) is 5.46 Å². The molecule has 1 aliphatic heterocycles. The lowest BCUT2D eigenvalue weighted by molar-refractivity contribution is -0.115. The highest BCUT2D eigenvalue weighted by Gasteiger charge is 2.28. The van der Waals surface area contributed by atoms with Gasteiger partial charge >= 0.3 is 6.98 Å². The number of rotatable bonds is 1. The van der Waals surface area contributed by atoms with Crippen LogP contribution in [0, 0.1) is 0 Å². The zero-order valence-electron chi connectivity index (χ0n) is 8.47. The van der Waals surface area contributed by atoms with E-state index in [9.17, 15) is 22.5 Å². The van der Waals surface area contributed by atoms with Crippen molar-refractivity contribution in [1.29, 1.82) is 0 Å². The van der Waals surface area contributed by atoms with Gasteiger partial charge in [0.15, 0.2) is 0 Å². The fourth-order valence-corrected chi connectivity index (χ4v) is 1.51. The van der Waals surface area contributed by atoms with Crippen LogP contribution in [0.2, 0.25) is 0 Å². The van der Waals surface area contributed by atoms with Crippen molar-refractivity contribution in [2.45, 2.75) is 0 Å². The fourth-order valence-electron chi connectivity index (χ4n) is 1.51. The van der Waals surface area contributed by atoms with Gasteiger partial charge in [0.25, 0.3) is 5.91 Å². The van der Waals surface area contributed by atoms with Crippen LogP contribution in [-0.2, 0) is 4.79 Å². The Kier molecular flexibility index (Phi) is 2.57. The second kappa shape index (κ2) is 3.79. The summed E-state index contributed by atoms with van der Waals surface area (Å²) in [6.07, 6.45) is 0. The highest BCUT2D eigenvalue weighted by molar-refractivity contribution is 6.73. The van der Waals surface area contributed by atoms with Crippen LogP contribution in [0.25, 0.3) is 0 Å². The summed E-state index contributed by atoms with van der Waals surface area (Å²) >= 11 is 0. The summed E-state index contributed by atoms with van der Waals surface area (Å²) in [6, 6.07) is 2.68. The molecule has 2 rings (SSSR count). The smallest absolute Gasteiger partial charge is 0.445 e. The summed E-state index contributed by atoms with van der Waals surface area (Å²) < 4.78 is 37.5. The molecule has 4 nitrogen and oxygen atoms in total. The predicted octanol–water partition coefficient (Wildman–Crippen LogP) is 0.423. The standard InChI is InChI=1S/C9H7BF3N2O2/c11-10(12,13)5-1-2-7-6(3-5)9(17)14-4-8(16)15-7/h1-3H,4H2,(H,14,17)(H,15,16)/q-1. The third kappa shape index (κ3) is 2.25. The highest BCUT2D eigenvalue weighted by Crippen LogP contribution is 2.19. The van der Waals surface area contributed by atoms with Crippen LogP contribution in [0.15, 0.2) is 18.2 Å². The van der Waals surface area contributed by atoms with E-state index in [2.05, 4.69) is 10.6 Å². The average molecular weight is 243 g/mol. The number of amides is 2. The van der Waals surface area contributed by atoms with Gasteiger partial charge < -0.3 is 23.6 Å². The first kappa shape index (κ1) is 11.5. The first-order valence-corrected chi connectivity index (χ1v) is 4.80. The van der Waals surface area contributed by atoms with E-state index in [1.807, 2.05) is 0 Å². The van der Waals surface area contributed by atoms with Crippen molar-refractivity contribution in [3.8, 4) is 0 Å². The Balaban J connectivity index is 2.50. The summed E-state index contributed by atoms with van der Waals surface area (Å²) in [4.78, 5) is 22.6. The van der Waals surface area contributed by atoms with Gasteiger partial charge in [-0.1, -0.05) is 12.1 Å². The molecule has 0 unspecified atom stereocenters. The molecule has 1 aromatic carbocycles. The Hall–Kier alpha value is -1.99. The molecule has 0 spiro atoms. The van der Waals surface area contributed by atoms with E-state index in [4.69, 9.17) is 0 Å². The average Bonchev–Trinajstić information content (AvgIpc) is 2.37. The summed E-state index contributed by atoms with van der Waals surface area (Å²) in [7, 11) is 0. The maximum atomic E-state index is 12.5. The van der Waals surface area contributed by atoms with Gasteiger partial charge in [-0.3, -0.25) is 9.59 Å². The van der Waals surface area contributed by atoms with E-state index in [0.717, 1.165) is 18.2 Å². The van der Waals surface area contributed by atoms with E-state index in [1.54, 1.807) is 0 Å². The van der Waals surface area contributed by atoms with Gasteiger partial charge in [0.05, 0.1) is 17.8 Å². The number of carbonyl (C=O) groups is 2. The fraction of sp³-hybridized carbons (Fsp3) is 0.111. The highest BCUT2D eigenvalue weighted by atomic mass is 19.4. The normalized spacial score (nSPS) is 15.7. The molecule has 0 fully saturated rings. The number of fused-ring (bicyclic) bond motifs is 1. The first-order chi connectivity index (χ1) is 7.88. The van der Waals surface area contributed by atoms with Crippen LogP contribution in [0.4, 0.5) is 18.6 Å². The molecule has 2 N–H and O–H groups in total. The molecule has 17 heavy (non-hydrogen) atoms. The van der Waals surface area contributed by atoms with Crippen molar-refractivity contribution >= 4 is 29.9 Å². The van der Waals surface area contributed by atoms with Crippen LogP contribution in [-0.4, -0.2) is 25.3 Å². The van der Waals surface area contributed by atoms with Crippen molar-refractivity contribution < 1.29 is 22.5 Å². The second-order valence-corrected chi connectivity index (χ2v) is 3.61. The molecular weight excluding hydrogens is 236 g/mol. The maximum Gasteiger partial charge on any atom is 0.509 e. The quantitative estimate of drug-likeness (QED) is 0.702. The molecule has 1 heterocycles. The number of nitrogens with one attached hydrogen (secondary N) is 2. The Labute approximate surface area is 94.2 Å². The SMILES string of the molecule is O=C1CNC(=O)c2cc([B-](F)(F)F)ccc2N1. The summed E-state index contributed by atoms with van der Waals surface area (Å²) in [5.74, 6) is -1.16. The molecule has 0 aromatic heterocycles. The number of anilines is 1. The van der Waals surface area contributed by atoms with Crippen molar-refractivity contribution in [3.05, 3.63) is 23.8 Å². The molecule has 0 atom stereocenters. The molecule has 0 bridgehead atoms. The van der Waals surface area contributed by atoms with E-state index in [0.29, 0.717) is 0 Å². The van der Waals surface area contributed by atoms with E-state index in [-0.39, 0.29) is 17.8 Å². The molecule has 1 aromatic rings. The zero-order chi connectivity index (χ0) is 12.6. The van der Waals surface area contributed by atoms with E-state index >= 15 is 0 Å². The van der Waals surface area contributed by atoms with Crippen LogP contribution in [0.3, 0.4) is 0 Å². The van der Waals surface area contributed by atoms with E-state index in [1.165, 1.54) is 0 Å². The summed E-state index contributed by atoms with van der Waals surface area (Å²) in [5.41, 5.74) is -0.948. The lowest BCUT2D eigenvalue weighted by atomic mass is 9.79. The number of hydrogen-bond donors (Lipinski definition) is 2. The third-order valence-corrected chi connectivity index (χ3v) is 2.35. The maximum absolute atomic E-state index is 12.5. The first-order valence-electron chi connectivity index (χ1n) is 4.80. The van der Waals surface area contributed by atoms with Crippen molar-refractivity contribution in [2.24, 2.45) is 0 Å². The molecule has 8 heteroatoms. The lowest BCUT2D eigenvalue weighted by Crippen LogP contribution is -2.35. The number of halogens is 3. The molecule has 0 aliphatic carbocycles. The number of carbonyl (C=O) groups excluding carboxylic acids is 2. The Morgan fingerprint density at radius 1 is 1.18 bits per heavy atom. The minimum atomic E-state index is -5.16. The minimum absolute atomic E-state index is 0.0915. The monoisotopic (exact) mass is 243 g/mol. The van der Waals surface area contributed by atoms with Gasteiger partial charge in [0.2, 0.25) is 5.91 Å². The molecule has 1 aliphatic rings. The van der Waals surface area contributed by atoms with Crippen molar-refractivity contribution in [1.82, 2.24) is 5.32 Å². The van der Waals surface area contributed by atoms with Gasteiger partial charge in [-0.25, -0.2) is 0 Å². The number of benzene rings is 1. The minimum Gasteiger partial charge on any atom is -0.445 e. The van der Waals surface area contributed by atoms with Crippen LogP contribution >= 0.6 is 0 Å². The topological polar surface area (TPSA) is 58.2 Å². The van der Waals surface area contributed by atoms with Gasteiger partial charge in [-0.2, -0.15) is 0 Å². The largest absolute Gasteiger partial charge is 0.509 e. The zero-order valence-corrected chi connectivity index (χ0v) is 8.47. The Bertz CT molecular complexity index is 502. The molecule has 0 saturated carbocycles. The van der Waals surface area contributed by atoms with Crippen LogP contribution in [0.5, 0.6) is 0 Å². The van der Waals surface area contributed by atoms with E-state index < -0.39 is 24.3 Å². The van der Waals surface area contributed by atoms with Gasteiger partial charge in [0.1, 0.15) is 0 Å². The van der Waals surface area contributed by atoms with Crippen molar-refractivity contribution in [3.63, 3.8) is 0 Å². The summed E-state index contributed by atoms with van der Waals surface area (Å²) in [5, 5.41) is 4.57. The second-order valence-electron chi connectivity index (χ2n) is 3.61. The lowest BCUT2D eigenvalue weighted by Gasteiger charge is -2.16. The third-order valence-electron chi connectivity index (χ3n) is 2.35. The van der Waals surface area contributed by atoms with Crippen LogP contribution < -0.4 is 16.1 Å².